The van der Waals surface area contributed by atoms with Gasteiger partial charge in [-0.15, -0.1) is 0 Å². The predicted octanol–water partition coefficient (Wildman–Crippen LogP) is 0.530. The van der Waals surface area contributed by atoms with Gasteiger partial charge in [0.25, 0.3) is 11.8 Å². The summed E-state index contributed by atoms with van der Waals surface area (Å²) in [5, 5.41) is 29.4. The molecule has 1 aromatic rings. The van der Waals surface area contributed by atoms with Crippen LogP contribution in [0.25, 0.3) is 0 Å². The van der Waals surface area contributed by atoms with E-state index in [9.17, 15) is 9.59 Å². The number of hydroxylamine groups is 1. The normalized spacial score (nSPS) is 12.5. The van der Waals surface area contributed by atoms with Gasteiger partial charge in [-0.3, -0.25) is 14.8 Å². The van der Waals surface area contributed by atoms with E-state index in [1.807, 2.05) is 6.26 Å². The Hall–Kier alpha value is -2.49. The van der Waals surface area contributed by atoms with E-state index < -0.39 is 28.7 Å². The summed E-state index contributed by atoms with van der Waals surface area (Å²) in [7, 11) is 0. The van der Waals surface area contributed by atoms with Crippen LogP contribution in [-0.4, -0.2) is 57.0 Å². The highest BCUT2D eigenvalue weighted by Crippen LogP contribution is 2.26. The van der Waals surface area contributed by atoms with Gasteiger partial charge in [-0.2, -0.15) is 11.8 Å². The first kappa shape index (κ1) is 23.5. The molecule has 8 heteroatoms. The molecule has 28 heavy (non-hydrogen) atoms. The number of rotatable bonds is 7. The predicted molar refractivity (Wildman–Crippen MR) is 108 cm³/mol. The van der Waals surface area contributed by atoms with E-state index in [4.69, 9.17) is 15.4 Å². The Labute approximate surface area is 168 Å². The number of thioether (sulfide) groups is 1. The average Bonchev–Trinajstić information content (AvgIpc) is 2.71. The summed E-state index contributed by atoms with van der Waals surface area (Å²) in [5.74, 6) is 9.49. The van der Waals surface area contributed by atoms with Crippen molar-refractivity contribution in [1.29, 1.82) is 0 Å². The number of carbonyl (C=O) groups is 2. The summed E-state index contributed by atoms with van der Waals surface area (Å²) in [6, 6.07) is 5.51. The topological polar surface area (TPSA) is 119 Å². The van der Waals surface area contributed by atoms with Gasteiger partial charge in [-0.05, 0) is 56.2 Å². The highest BCUT2D eigenvalue weighted by Gasteiger charge is 2.36. The van der Waals surface area contributed by atoms with Crippen LogP contribution in [0.2, 0.25) is 0 Å². The quantitative estimate of drug-likeness (QED) is 0.257. The first-order valence-corrected chi connectivity index (χ1v) is 9.65. The lowest BCUT2D eigenvalue weighted by molar-refractivity contribution is -0.131. The molecule has 1 rings (SSSR count). The molecule has 0 bridgehead atoms. The molecule has 0 radical (unpaired) electrons. The average molecular weight is 404 g/mol. The van der Waals surface area contributed by atoms with Crippen LogP contribution in [-0.2, 0) is 4.79 Å². The Kier molecular flexibility index (Phi) is 9.57. The van der Waals surface area contributed by atoms with Gasteiger partial charge in [0, 0.05) is 22.3 Å². The third-order valence-electron chi connectivity index (χ3n) is 3.92. The second-order valence-corrected chi connectivity index (χ2v) is 7.82. The molecule has 7 nitrogen and oxygen atoms in total. The molecule has 0 heterocycles. The van der Waals surface area contributed by atoms with Crippen molar-refractivity contribution in [3.8, 4) is 23.7 Å². The van der Waals surface area contributed by atoms with Crippen molar-refractivity contribution >= 4 is 23.6 Å². The van der Waals surface area contributed by atoms with E-state index in [1.54, 1.807) is 43.6 Å². The van der Waals surface area contributed by atoms with Crippen LogP contribution in [0.15, 0.2) is 24.3 Å². The number of aliphatic hydroxyl groups excluding tert-OH is 2. The van der Waals surface area contributed by atoms with Gasteiger partial charge in [0.1, 0.15) is 6.04 Å². The van der Waals surface area contributed by atoms with Gasteiger partial charge in [-0.1, -0.05) is 11.8 Å². The largest absolute Gasteiger partial charge is 0.394 e. The van der Waals surface area contributed by atoms with Gasteiger partial charge < -0.3 is 15.5 Å². The van der Waals surface area contributed by atoms with Crippen LogP contribution >= 0.6 is 11.8 Å². The Bertz CT molecular complexity index is 800. The zero-order valence-electron chi connectivity index (χ0n) is 15.9. The molecule has 0 saturated carbocycles. The van der Waals surface area contributed by atoms with Gasteiger partial charge in [-0.25, -0.2) is 5.48 Å². The first-order valence-electron chi connectivity index (χ1n) is 8.43. The minimum absolute atomic E-state index is 0.138. The minimum atomic E-state index is -0.927. The molecule has 0 spiro atoms. The van der Waals surface area contributed by atoms with Crippen LogP contribution in [0.1, 0.15) is 36.2 Å². The molecule has 0 fully saturated rings. The molecule has 2 atom stereocenters. The summed E-state index contributed by atoms with van der Waals surface area (Å²) in [6.07, 6.45) is 1.07. The van der Waals surface area contributed by atoms with Crippen LogP contribution in [0.4, 0.5) is 0 Å². The fraction of sp³-hybridized carbons (Fsp3) is 0.400. The molecule has 2 amide bonds. The van der Waals surface area contributed by atoms with Gasteiger partial charge >= 0.3 is 0 Å². The zero-order chi connectivity index (χ0) is 21.2. The molecule has 0 saturated heterocycles. The summed E-state index contributed by atoms with van der Waals surface area (Å²) in [5.41, 5.74) is 2.57. The summed E-state index contributed by atoms with van der Waals surface area (Å²) < 4.78 is -0.629. The Morgan fingerprint density at radius 1 is 1.21 bits per heavy atom. The molecular formula is C20H24N2O5S. The highest BCUT2D eigenvalue weighted by atomic mass is 32.2. The van der Waals surface area contributed by atoms with Crippen molar-refractivity contribution in [3.05, 3.63) is 35.4 Å². The van der Waals surface area contributed by atoms with Crippen LogP contribution in [0, 0.1) is 23.7 Å². The Balaban J connectivity index is 2.82. The second kappa shape index (κ2) is 11.4. The summed E-state index contributed by atoms with van der Waals surface area (Å²) >= 11 is 1.39. The maximum atomic E-state index is 12.5. The second-order valence-electron chi connectivity index (χ2n) is 6.36. The van der Waals surface area contributed by atoms with E-state index in [-0.39, 0.29) is 13.0 Å². The van der Waals surface area contributed by atoms with E-state index in [2.05, 4.69) is 29.0 Å². The molecule has 1 aromatic carbocycles. The molecular weight excluding hydrogens is 380 g/mol. The molecule has 0 aliphatic heterocycles. The number of hydrogen-bond donors (Lipinski definition) is 5. The summed E-state index contributed by atoms with van der Waals surface area (Å²) in [6.45, 7) is 3.23. The standard InChI is InChI=1S/C20H24N2O5S/c1-20(2,28-3)17(19(26)22-27)21-18(25)15-11-9-14(10-12-15)7-5-4-6-8-16(24)13-23/h9-12,16-17,23-24,27H,8,13H2,1-3H3,(H,21,25)(H,22,26)/t16?,17-/m1/s1. The third kappa shape index (κ3) is 7.26. The Morgan fingerprint density at radius 3 is 2.39 bits per heavy atom. The van der Waals surface area contributed by atoms with Crippen molar-refractivity contribution in [2.75, 3.05) is 12.9 Å². The highest BCUT2D eigenvalue weighted by molar-refractivity contribution is 8.00. The van der Waals surface area contributed by atoms with Gasteiger partial charge in [0.2, 0.25) is 0 Å². The number of nitrogens with one attached hydrogen (secondary N) is 2. The molecule has 150 valence electrons. The molecule has 1 unspecified atom stereocenters. The monoisotopic (exact) mass is 404 g/mol. The third-order valence-corrected chi connectivity index (χ3v) is 5.21. The number of benzene rings is 1. The number of hydrogen-bond acceptors (Lipinski definition) is 6. The maximum absolute atomic E-state index is 12.5. The van der Waals surface area contributed by atoms with Gasteiger partial charge in [0.05, 0.1) is 12.7 Å². The fourth-order valence-corrected chi connectivity index (χ4v) is 2.44. The minimum Gasteiger partial charge on any atom is -0.394 e. The lowest BCUT2D eigenvalue weighted by atomic mass is 10.0. The SMILES string of the molecule is CSC(C)(C)[C@H](NC(=O)c1ccc(C#CC#CCC(O)CO)cc1)C(=O)NO. The summed E-state index contributed by atoms with van der Waals surface area (Å²) in [4.78, 5) is 24.4. The number of carbonyl (C=O) groups excluding carboxylic acids is 2. The molecule has 0 aliphatic rings. The lowest BCUT2D eigenvalue weighted by Gasteiger charge is -2.31. The van der Waals surface area contributed by atoms with Crippen LogP contribution < -0.4 is 10.8 Å². The molecule has 0 aromatic heterocycles. The van der Waals surface area contributed by atoms with E-state index in [1.165, 1.54) is 11.8 Å². The van der Waals surface area contributed by atoms with Gasteiger partial charge in [0.15, 0.2) is 0 Å². The van der Waals surface area contributed by atoms with Crippen molar-refractivity contribution in [2.45, 2.75) is 37.2 Å². The van der Waals surface area contributed by atoms with Crippen molar-refractivity contribution in [3.63, 3.8) is 0 Å². The molecule has 0 aliphatic carbocycles. The van der Waals surface area contributed by atoms with Crippen molar-refractivity contribution in [1.82, 2.24) is 10.8 Å². The Morgan fingerprint density at radius 2 is 1.86 bits per heavy atom. The molecule has 5 N–H and O–H groups in total. The van der Waals surface area contributed by atoms with Crippen LogP contribution in [0.5, 0.6) is 0 Å². The van der Waals surface area contributed by atoms with Crippen LogP contribution in [0.3, 0.4) is 0 Å². The number of aliphatic hydroxyl groups is 2. The van der Waals surface area contributed by atoms with E-state index in [0.717, 1.165) is 0 Å². The smallest absolute Gasteiger partial charge is 0.267 e. The fourth-order valence-electron chi connectivity index (χ4n) is 2.04. The van der Waals surface area contributed by atoms with E-state index >= 15 is 0 Å². The maximum Gasteiger partial charge on any atom is 0.267 e. The van der Waals surface area contributed by atoms with Crippen molar-refractivity contribution in [2.24, 2.45) is 0 Å². The zero-order valence-corrected chi connectivity index (χ0v) is 16.8. The van der Waals surface area contributed by atoms with Crippen molar-refractivity contribution < 1.29 is 25.0 Å². The lowest BCUT2D eigenvalue weighted by Crippen LogP contribution is -2.55. The number of amides is 2. The first-order chi connectivity index (χ1) is 13.2. The van der Waals surface area contributed by atoms with E-state index in [0.29, 0.717) is 11.1 Å².